The van der Waals surface area contributed by atoms with E-state index >= 15 is 0 Å². The second-order valence-corrected chi connectivity index (χ2v) is 7.18. The summed E-state index contributed by atoms with van der Waals surface area (Å²) in [5.74, 6) is 0. The van der Waals surface area contributed by atoms with E-state index in [1.54, 1.807) is 0 Å². The van der Waals surface area contributed by atoms with Crippen LogP contribution in [0, 0.1) is 0 Å². The van der Waals surface area contributed by atoms with Gasteiger partial charge in [-0.2, -0.15) is 0 Å². The number of rotatable bonds is 9. The van der Waals surface area contributed by atoms with Gasteiger partial charge in [0.25, 0.3) is 0 Å². The molecule has 0 aliphatic rings. The van der Waals surface area contributed by atoms with Crippen molar-refractivity contribution in [2.45, 2.75) is 79.6 Å². The van der Waals surface area contributed by atoms with E-state index in [1.165, 1.54) is 34.3 Å². The summed E-state index contributed by atoms with van der Waals surface area (Å²) in [7, 11) is 0. The van der Waals surface area contributed by atoms with Gasteiger partial charge in [0.1, 0.15) is 0 Å². The number of allylic oxidation sites excluding steroid dienone is 8. The maximum atomic E-state index is 2.45. The molecule has 0 heteroatoms. The monoisotopic (exact) mass is 350 g/mol. The third-order valence-electron chi connectivity index (χ3n) is 5.53. The zero-order chi connectivity index (χ0) is 19.6. The van der Waals surface area contributed by atoms with Crippen LogP contribution in [0.1, 0.15) is 78.0 Å². The fourth-order valence-electron chi connectivity index (χ4n) is 3.73. The van der Waals surface area contributed by atoms with Crippen LogP contribution in [0.3, 0.4) is 0 Å². The van der Waals surface area contributed by atoms with Crippen molar-refractivity contribution in [3.05, 3.63) is 82.5 Å². The molecule has 0 saturated carbocycles. The summed E-state index contributed by atoms with van der Waals surface area (Å²) >= 11 is 0. The summed E-state index contributed by atoms with van der Waals surface area (Å²) in [6.45, 7) is 15.6. The minimum Gasteiger partial charge on any atom is -0.0913 e. The van der Waals surface area contributed by atoms with Crippen molar-refractivity contribution in [2.24, 2.45) is 0 Å². The zero-order valence-electron chi connectivity index (χ0n) is 18.0. The summed E-state index contributed by atoms with van der Waals surface area (Å²) in [6, 6.07) is 7.09. The van der Waals surface area contributed by atoms with E-state index in [1.807, 2.05) is 0 Å². The van der Waals surface area contributed by atoms with Crippen molar-refractivity contribution < 1.29 is 0 Å². The lowest BCUT2D eigenvalue weighted by Crippen LogP contribution is -2.28. The lowest BCUT2D eigenvalue weighted by atomic mass is 9.67. The predicted molar refractivity (Wildman–Crippen MR) is 119 cm³/mol. The Morgan fingerprint density at radius 3 is 2.35 bits per heavy atom. The van der Waals surface area contributed by atoms with Crippen LogP contribution in [0.25, 0.3) is 0 Å². The molecular weight excluding hydrogens is 312 g/mol. The van der Waals surface area contributed by atoms with Crippen molar-refractivity contribution in [1.82, 2.24) is 0 Å². The van der Waals surface area contributed by atoms with E-state index in [-0.39, 0.29) is 5.41 Å². The molecule has 1 rings (SSSR count). The smallest absolute Gasteiger partial charge is 0.0345 e. The molecular formula is C26H38. The zero-order valence-corrected chi connectivity index (χ0v) is 18.0. The number of hydrogen-bond donors (Lipinski definition) is 0. The molecule has 0 amide bonds. The van der Waals surface area contributed by atoms with Crippen LogP contribution >= 0.6 is 0 Å². The summed E-state index contributed by atoms with van der Waals surface area (Å²) in [6.07, 6.45) is 17.7. The summed E-state index contributed by atoms with van der Waals surface area (Å²) in [5.41, 5.74) is 7.19. The SMILES string of the molecule is C/C=C\C=C(/C)C(C)(/C(=C/C)CCC)c1cc(CC)ccc1C/C=C\C. The van der Waals surface area contributed by atoms with Crippen LogP contribution in [-0.2, 0) is 18.3 Å². The summed E-state index contributed by atoms with van der Waals surface area (Å²) in [4.78, 5) is 0. The Morgan fingerprint density at radius 2 is 1.81 bits per heavy atom. The van der Waals surface area contributed by atoms with Gasteiger partial charge in [-0.15, -0.1) is 0 Å². The summed E-state index contributed by atoms with van der Waals surface area (Å²) in [5, 5.41) is 0. The minimum absolute atomic E-state index is 0.0631. The topological polar surface area (TPSA) is 0 Å². The highest BCUT2D eigenvalue weighted by molar-refractivity contribution is 5.51. The maximum absolute atomic E-state index is 2.45. The standard InChI is InChI=1S/C26H38/c1-8-13-16-21(6)26(7,24(12-5)15-10-3)25-20-22(11-4)18-19-23(25)17-14-9-2/h8-9,12-14,16,18-20H,10-11,15,17H2,1-7H3/b13-8-,14-9-,21-16+,24-12+. The highest BCUT2D eigenvalue weighted by Gasteiger charge is 2.33. The van der Waals surface area contributed by atoms with Crippen LogP contribution in [0.2, 0.25) is 0 Å². The average Bonchev–Trinajstić information content (AvgIpc) is 2.67. The molecule has 142 valence electrons. The Labute approximate surface area is 162 Å². The Hall–Kier alpha value is -1.82. The first-order chi connectivity index (χ1) is 12.5. The van der Waals surface area contributed by atoms with Gasteiger partial charge in [0.2, 0.25) is 0 Å². The Kier molecular flexibility index (Phi) is 9.41. The normalized spacial score (nSPS) is 15.8. The van der Waals surface area contributed by atoms with E-state index in [4.69, 9.17) is 0 Å². The van der Waals surface area contributed by atoms with E-state index in [2.05, 4.69) is 103 Å². The molecule has 1 atom stereocenters. The Morgan fingerprint density at radius 1 is 1.08 bits per heavy atom. The van der Waals surface area contributed by atoms with Crippen molar-refractivity contribution in [3.63, 3.8) is 0 Å². The highest BCUT2D eigenvalue weighted by atomic mass is 14.4. The second-order valence-electron chi connectivity index (χ2n) is 7.18. The first-order valence-electron chi connectivity index (χ1n) is 10.2. The fraction of sp³-hybridized carbons (Fsp3) is 0.462. The fourth-order valence-corrected chi connectivity index (χ4v) is 3.73. The van der Waals surface area contributed by atoms with Crippen LogP contribution in [0.15, 0.2) is 65.8 Å². The Balaban J connectivity index is 3.75. The van der Waals surface area contributed by atoms with Gasteiger partial charge in [-0.25, -0.2) is 0 Å². The first kappa shape index (κ1) is 22.2. The van der Waals surface area contributed by atoms with Crippen LogP contribution in [0.4, 0.5) is 0 Å². The molecule has 0 fully saturated rings. The van der Waals surface area contributed by atoms with Gasteiger partial charge in [-0.1, -0.05) is 86.1 Å². The van der Waals surface area contributed by atoms with Crippen LogP contribution in [-0.4, -0.2) is 0 Å². The lowest BCUT2D eigenvalue weighted by molar-refractivity contribution is 0.608. The first-order valence-corrected chi connectivity index (χ1v) is 10.2. The minimum atomic E-state index is -0.0631. The molecule has 0 radical (unpaired) electrons. The van der Waals surface area contributed by atoms with Crippen LogP contribution < -0.4 is 0 Å². The van der Waals surface area contributed by atoms with Crippen LogP contribution in [0.5, 0.6) is 0 Å². The van der Waals surface area contributed by atoms with Gasteiger partial charge in [0.05, 0.1) is 0 Å². The molecule has 0 nitrogen and oxygen atoms in total. The molecule has 0 aromatic heterocycles. The molecule has 0 heterocycles. The molecule has 0 bridgehead atoms. The molecule has 0 saturated heterocycles. The second kappa shape index (κ2) is 11.0. The van der Waals surface area contributed by atoms with Gasteiger partial charge in [0.15, 0.2) is 0 Å². The average molecular weight is 351 g/mol. The number of benzene rings is 1. The highest BCUT2D eigenvalue weighted by Crippen LogP contribution is 2.43. The van der Waals surface area contributed by atoms with Gasteiger partial charge >= 0.3 is 0 Å². The maximum Gasteiger partial charge on any atom is 0.0345 e. The quantitative estimate of drug-likeness (QED) is 0.314. The molecule has 26 heavy (non-hydrogen) atoms. The van der Waals surface area contributed by atoms with Crippen molar-refractivity contribution in [2.75, 3.05) is 0 Å². The largest absolute Gasteiger partial charge is 0.0913 e. The third-order valence-corrected chi connectivity index (χ3v) is 5.53. The van der Waals surface area contributed by atoms with Gasteiger partial charge in [-0.3, -0.25) is 0 Å². The molecule has 1 aromatic rings. The molecule has 0 aliphatic carbocycles. The third kappa shape index (κ3) is 5.10. The lowest BCUT2D eigenvalue weighted by Gasteiger charge is -2.37. The number of aryl methyl sites for hydroxylation is 1. The van der Waals surface area contributed by atoms with E-state index < -0.39 is 0 Å². The predicted octanol–water partition coefficient (Wildman–Crippen LogP) is 7.89. The van der Waals surface area contributed by atoms with E-state index in [9.17, 15) is 0 Å². The van der Waals surface area contributed by atoms with Crippen molar-refractivity contribution in [3.8, 4) is 0 Å². The molecule has 0 aliphatic heterocycles. The van der Waals surface area contributed by atoms with E-state index in [0.717, 1.165) is 19.3 Å². The molecule has 0 N–H and O–H groups in total. The van der Waals surface area contributed by atoms with Gasteiger partial charge < -0.3 is 0 Å². The van der Waals surface area contributed by atoms with E-state index in [0.29, 0.717) is 0 Å². The Bertz CT molecular complexity index is 678. The van der Waals surface area contributed by atoms with Gasteiger partial charge in [0, 0.05) is 5.41 Å². The van der Waals surface area contributed by atoms with Crippen molar-refractivity contribution in [1.29, 1.82) is 0 Å². The molecule has 1 aromatic carbocycles. The molecule has 1 unspecified atom stereocenters. The van der Waals surface area contributed by atoms with Gasteiger partial charge in [-0.05, 0) is 70.6 Å². The molecule has 0 spiro atoms. The van der Waals surface area contributed by atoms with Crippen molar-refractivity contribution >= 4 is 0 Å². The number of hydrogen-bond acceptors (Lipinski definition) is 0. The summed E-state index contributed by atoms with van der Waals surface area (Å²) < 4.78 is 0.